The molecule has 2 aromatic heterocycles. The second-order valence-corrected chi connectivity index (χ2v) is 6.11. The molecule has 2 heterocycles. The maximum absolute atomic E-state index is 11.2. The topological polar surface area (TPSA) is 73.8 Å². The summed E-state index contributed by atoms with van der Waals surface area (Å²) in [7, 11) is -0.787. The van der Waals surface area contributed by atoms with Crippen molar-refractivity contribution in [1.29, 1.82) is 0 Å². The summed E-state index contributed by atoms with van der Waals surface area (Å²) in [4.78, 5) is 8.72. The Bertz CT molecular complexity index is 593. The van der Waals surface area contributed by atoms with Gasteiger partial charge in [-0.1, -0.05) is 0 Å². The van der Waals surface area contributed by atoms with E-state index in [-0.39, 0.29) is 6.04 Å². The van der Waals surface area contributed by atoms with Gasteiger partial charge >= 0.3 is 0 Å². The standard InChI is InChI=1S/C12H18N4OS/c1-8-4-6-14-11-10(8)15-12(13)16(11)9(2)5-7-18(3)17/h4,6,9H,5,7H2,1-3H3,(H2,13,15). The van der Waals surface area contributed by atoms with Crippen molar-refractivity contribution in [1.82, 2.24) is 14.5 Å². The third kappa shape index (κ3) is 2.38. The van der Waals surface area contributed by atoms with E-state index in [1.54, 1.807) is 12.5 Å². The fourth-order valence-electron chi connectivity index (χ4n) is 2.03. The van der Waals surface area contributed by atoms with Crippen LogP contribution in [0.15, 0.2) is 12.3 Å². The number of aryl methyl sites for hydroxylation is 1. The summed E-state index contributed by atoms with van der Waals surface area (Å²) in [5.41, 5.74) is 8.69. The lowest BCUT2D eigenvalue weighted by Gasteiger charge is -2.14. The van der Waals surface area contributed by atoms with E-state index in [0.717, 1.165) is 23.1 Å². The van der Waals surface area contributed by atoms with Crippen molar-refractivity contribution in [2.75, 3.05) is 17.7 Å². The number of nitrogen functional groups attached to an aromatic ring is 1. The highest BCUT2D eigenvalue weighted by Gasteiger charge is 2.16. The first-order valence-corrected chi connectivity index (χ1v) is 7.62. The van der Waals surface area contributed by atoms with Crippen molar-refractivity contribution in [2.45, 2.75) is 26.3 Å². The Morgan fingerprint density at radius 2 is 2.28 bits per heavy atom. The molecule has 2 unspecified atom stereocenters. The molecule has 0 bridgehead atoms. The van der Waals surface area contributed by atoms with E-state index in [9.17, 15) is 4.21 Å². The molecule has 2 N–H and O–H groups in total. The molecule has 2 atom stereocenters. The SMILES string of the molecule is Cc1ccnc2c1nc(N)n2C(C)CCS(C)=O. The Morgan fingerprint density at radius 1 is 1.56 bits per heavy atom. The molecule has 2 aromatic rings. The smallest absolute Gasteiger partial charge is 0.202 e. The normalized spacial score (nSPS) is 14.8. The minimum atomic E-state index is -0.787. The molecule has 0 aliphatic rings. The summed E-state index contributed by atoms with van der Waals surface area (Å²) in [6.07, 6.45) is 4.28. The lowest BCUT2D eigenvalue weighted by atomic mass is 10.2. The molecule has 0 saturated heterocycles. The molecule has 0 amide bonds. The van der Waals surface area contributed by atoms with E-state index in [0.29, 0.717) is 11.7 Å². The average molecular weight is 266 g/mol. The van der Waals surface area contributed by atoms with Gasteiger partial charge in [0.1, 0.15) is 5.52 Å². The van der Waals surface area contributed by atoms with Crippen molar-refractivity contribution < 1.29 is 4.21 Å². The molecular weight excluding hydrogens is 248 g/mol. The minimum Gasteiger partial charge on any atom is -0.369 e. The number of nitrogens with zero attached hydrogens (tertiary/aromatic N) is 3. The Kier molecular flexibility index (Phi) is 3.65. The van der Waals surface area contributed by atoms with Gasteiger partial charge in [0.2, 0.25) is 5.95 Å². The van der Waals surface area contributed by atoms with E-state index < -0.39 is 10.8 Å². The van der Waals surface area contributed by atoms with Crippen LogP contribution in [0.25, 0.3) is 11.2 Å². The third-order valence-corrected chi connectivity index (χ3v) is 3.88. The number of hydrogen-bond acceptors (Lipinski definition) is 4. The van der Waals surface area contributed by atoms with Crippen LogP contribution in [0.2, 0.25) is 0 Å². The Balaban J connectivity index is 2.41. The van der Waals surface area contributed by atoms with Crippen LogP contribution in [0.1, 0.15) is 24.9 Å². The van der Waals surface area contributed by atoms with E-state index >= 15 is 0 Å². The van der Waals surface area contributed by atoms with E-state index in [2.05, 4.69) is 9.97 Å². The lowest BCUT2D eigenvalue weighted by molar-refractivity contribution is 0.549. The van der Waals surface area contributed by atoms with Crippen LogP contribution >= 0.6 is 0 Å². The van der Waals surface area contributed by atoms with E-state index in [4.69, 9.17) is 5.73 Å². The summed E-state index contributed by atoms with van der Waals surface area (Å²) in [5, 5.41) is 0. The fraction of sp³-hybridized carbons (Fsp3) is 0.500. The molecule has 98 valence electrons. The molecule has 5 nitrogen and oxygen atoms in total. The van der Waals surface area contributed by atoms with Crippen LogP contribution in [-0.2, 0) is 10.8 Å². The van der Waals surface area contributed by atoms with Gasteiger partial charge in [-0.3, -0.25) is 8.78 Å². The zero-order chi connectivity index (χ0) is 13.3. The molecule has 2 rings (SSSR count). The molecule has 18 heavy (non-hydrogen) atoms. The maximum atomic E-state index is 11.2. The number of hydrogen-bond donors (Lipinski definition) is 1. The van der Waals surface area contributed by atoms with E-state index in [1.165, 1.54) is 0 Å². The summed E-state index contributed by atoms with van der Waals surface area (Å²) in [5.74, 6) is 1.13. The summed E-state index contributed by atoms with van der Waals surface area (Å²) in [6, 6.07) is 2.07. The Hall–Kier alpha value is -1.43. The van der Waals surface area contributed by atoms with Crippen LogP contribution < -0.4 is 5.73 Å². The third-order valence-electron chi connectivity index (χ3n) is 3.07. The first kappa shape index (κ1) is 13.0. The number of rotatable bonds is 4. The second kappa shape index (κ2) is 5.06. The molecule has 0 radical (unpaired) electrons. The van der Waals surface area contributed by atoms with Gasteiger partial charge < -0.3 is 5.73 Å². The Labute approximate surface area is 109 Å². The molecule has 0 aromatic carbocycles. The molecule has 0 saturated carbocycles. The summed E-state index contributed by atoms with van der Waals surface area (Å²) in [6.45, 7) is 4.04. The van der Waals surface area contributed by atoms with Gasteiger partial charge in [0, 0.05) is 35.0 Å². The highest BCUT2D eigenvalue weighted by Crippen LogP contribution is 2.24. The Morgan fingerprint density at radius 3 is 2.94 bits per heavy atom. The molecule has 0 spiro atoms. The summed E-state index contributed by atoms with van der Waals surface area (Å²) >= 11 is 0. The zero-order valence-corrected chi connectivity index (χ0v) is 11.7. The van der Waals surface area contributed by atoms with Gasteiger partial charge in [-0.05, 0) is 31.9 Å². The number of pyridine rings is 1. The van der Waals surface area contributed by atoms with Crippen molar-refractivity contribution in [3.63, 3.8) is 0 Å². The van der Waals surface area contributed by atoms with Crippen LogP contribution in [0.3, 0.4) is 0 Å². The number of aromatic nitrogens is 3. The van der Waals surface area contributed by atoms with E-state index in [1.807, 2.05) is 24.5 Å². The quantitative estimate of drug-likeness (QED) is 0.913. The van der Waals surface area contributed by atoms with Crippen molar-refractivity contribution >= 4 is 27.9 Å². The monoisotopic (exact) mass is 266 g/mol. The van der Waals surface area contributed by atoms with Crippen LogP contribution in [-0.4, -0.2) is 30.8 Å². The van der Waals surface area contributed by atoms with Crippen molar-refractivity contribution in [3.05, 3.63) is 17.8 Å². The first-order valence-electron chi connectivity index (χ1n) is 5.89. The van der Waals surface area contributed by atoms with Gasteiger partial charge in [-0.2, -0.15) is 0 Å². The molecule has 0 aliphatic heterocycles. The second-order valence-electron chi connectivity index (χ2n) is 4.56. The molecule has 0 fully saturated rings. The van der Waals surface area contributed by atoms with Crippen LogP contribution in [0.4, 0.5) is 5.95 Å². The highest BCUT2D eigenvalue weighted by atomic mass is 32.2. The fourth-order valence-corrected chi connectivity index (χ4v) is 2.70. The van der Waals surface area contributed by atoms with Crippen LogP contribution in [0.5, 0.6) is 0 Å². The highest BCUT2D eigenvalue weighted by molar-refractivity contribution is 7.84. The average Bonchev–Trinajstić information content (AvgIpc) is 2.64. The van der Waals surface area contributed by atoms with Gasteiger partial charge in [0.15, 0.2) is 5.65 Å². The number of fused-ring (bicyclic) bond motifs is 1. The number of imidazole rings is 1. The van der Waals surface area contributed by atoms with Gasteiger partial charge in [-0.15, -0.1) is 0 Å². The summed E-state index contributed by atoms with van der Waals surface area (Å²) < 4.78 is 13.1. The van der Waals surface area contributed by atoms with Gasteiger partial charge in [0.05, 0.1) is 0 Å². The largest absolute Gasteiger partial charge is 0.369 e. The number of anilines is 1. The first-order chi connectivity index (χ1) is 8.50. The molecular formula is C12H18N4OS. The molecule has 0 aliphatic carbocycles. The number of nitrogens with two attached hydrogens (primary N) is 1. The minimum absolute atomic E-state index is 0.146. The van der Waals surface area contributed by atoms with Crippen molar-refractivity contribution in [2.24, 2.45) is 0 Å². The van der Waals surface area contributed by atoms with Crippen LogP contribution in [0, 0.1) is 6.92 Å². The zero-order valence-electron chi connectivity index (χ0n) is 10.9. The maximum Gasteiger partial charge on any atom is 0.202 e. The predicted molar refractivity (Wildman–Crippen MR) is 74.9 cm³/mol. The predicted octanol–water partition coefficient (Wildman–Crippen LogP) is 1.65. The van der Waals surface area contributed by atoms with Gasteiger partial charge in [-0.25, -0.2) is 9.97 Å². The van der Waals surface area contributed by atoms with Crippen molar-refractivity contribution in [3.8, 4) is 0 Å². The lowest BCUT2D eigenvalue weighted by Crippen LogP contribution is -2.12. The molecule has 6 heteroatoms. The van der Waals surface area contributed by atoms with Gasteiger partial charge in [0.25, 0.3) is 0 Å².